The third kappa shape index (κ3) is 11.3. The fourth-order valence-corrected chi connectivity index (χ4v) is 12.2. The van der Waals surface area contributed by atoms with Crippen LogP contribution in [0.15, 0.2) is 71.4 Å². The molecule has 0 radical (unpaired) electrons. The van der Waals surface area contributed by atoms with Crippen molar-refractivity contribution in [1.82, 2.24) is 27.0 Å². The van der Waals surface area contributed by atoms with Gasteiger partial charge in [-0.2, -0.15) is 34.1 Å². The molecule has 2 N–H and O–H groups in total. The van der Waals surface area contributed by atoms with Crippen LogP contribution in [0.3, 0.4) is 0 Å². The average Bonchev–Trinajstić information content (AvgIpc) is 3.92. The van der Waals surface area contributed by atoms with E-state index in [1.54, 1.807) is 0 Å². The third-order valence-corrected chi connectivity index (χ3v) is 16.6. The van der Waals surface area contributed by atoms with Crippen LogP contribution in [0.2, 0.25) is 10.0 Å². The minimum atomic E-state index is -3.87. The minimum Gasteiger partial charge on any atom is -0.325 e. The van der Waals surface area contributed by atoms with Crippen molar-refractivity contribution in [3.8, 4) is 0 Å². The molecule has 4 heterocycles. The predicted octanol–water partition coefficient (Wildman–Crippen LogP) is 6.07. The molecule has 2 fully saturated rings. The Kier molecular flexibility index (Phi) is 16.3. The van der Waals surface area contributed by atoms with E-state index in [0.29, 0.717) is 50.4 Å². The number of carbonyl (C=O) groups excluding carboxylic acids is 2. The Balaban J connectivity index is 0.000000228. The van der Waals surface area contributed by atoms with Gasteiger partial charge in [0.2, 0.25) is 11.8 Å². The van der Waals surface area contributed by atoms with E-state index in [9.17, 15) is 35.2 Å². The first kappa shape index (κ1) is 47.9. The molecule has 2 aromatic carbocycles. The molecule has 4 atom stereocenters. The normalized spacial score (nSPS) is 22.3. The van der Waals surface area contributed by atoms with Gasteiger partial charge >= 0.3 is 0 Å². The van der Waals surface area contributed by atoms with Crippen LogP contribution in [-0.4, -0.2) is 136 Å². The monoisotopic (exact) mass is 948 g/mol. The van der Waals surface area contributed by atoms with Crippen LogP contribution in [0.1, 0.15) is 34.7 Å². The molecule has 6 rings (SSSR count). The summed E-state index contributed by atoms with van der Waals surface area (Å²) in [5.74, 6) is -2.17. The van der Waals surface area contributed by atoms with Gasteiger partial charge in [0.1, 0.15) is 23.7 Å². The molecular weight excluding hydrogens is 902 g/mol. The van der Waals surface area contributed by atoms with Crippen molar-refractivity contribution in [2.24, 2.45) is 0 Å². The third-order valence-electron chi connectivity index (χ3n) is 10.0. The van der Waals surface area contributed by atoms with E-state index in [1.165, 1.54) is 69.6 Å². The van der Waals surface area contributed by atoms with Gasteiger partial charge in [-0.25, -0.2) is 8.78 Å². The molecule has 60 heavy (non-hydrogen) atoms. The SMILES string of the molecule is CN(C)CCN1[C@@H](c2cccs2)C[C@@H](C(=O)Nc2ccc(F)c(Cl)c2)N(C)S1(=O)=O.CN(C)CCN1[C@H](c2cccs2)C[C@H](C(=O)Nc2ccc(F)c(Cl)c2)N(C)S1(=O)=O. The number of anilines is 2. The smallest absolute Gasteiger partial charge is 0.283 e. The molecule has 2 aromatic heterocycles. The highest BCUT2D eigenvalue weighted by Crippen LogP contribution is 2.40. The maximum atomic E-state index is 13.4. The first-order chi connectivity index (χ1) is 28.2. The van der Waals surface area contributed by atoms with E-state index in [-0.39, 0.29) is 10.0 Å². The average molecular weight is 950 g/mol. The van der Waals surface area contributed by atoms with Crippen LogP contribution < -0.4 is 10.6 Å². The molecule has 4 aromatic rings. The lowest BCUT2D eigenvalue weighted by Crippen LogP contribution is -2.58. The van der Waals surface area contributed by atoms with Crippen LogP contribution in [0.4, 0.5) is 20.2 Å². The highest BCUT2D eigenvalue weighted by atomic mass is 35.5. The number of rotatable bonds is 12. The van der Waals surface area contributed by atoms with Gasteiger partial charge in [-0.15, -0.1) is 22.7 Å². The van der Waals surface area contributed by atoms with E-state index in [1.807, 2.05) is 73.0 Å². The molecule has 2 aliphatic heterocycles. The van der Waals surface area contributed by atoms with Gasteiger partial charge in [0.15, 0.2) is 0 Å². The fraction of sp³-hybridized carbons (Fsp3) is 0.421. The highest BCUT2D eigenvalue weighted by molar-refractivity contribution is 7.87. The van der Waals surface area contributed by atoms with Gasteiger partial charge in [-0.3, -0.25) is 9.59 Å². The Labute approximate surface area is 368 Å². The molecule has 0 saturated carbocycles. The van der Waals surface area contributed by atoms with Gasteiger partial charge < -0.3 is 20.4 Å². The Morgan fingerprint density at radius 1 is 0.683 bits per heavy atom. The summed E-state index contributed by atoms with van der Waals surface area (Å²) in [5, 5.41) is 8.85. The molecule has 14 nitrogen and oxygen atoms in total. The summed E-state index contributed by atoms with van der Waals surface area (Å²) in [5.41, 5.74) is 0.611. The maximum Gasteiger partial charge on any atom is 0.283 e. The molecule has 2 saturated heterocycles. The molecular formula is C38H48Cl2F2N8O6S4. The Morgan fingerprint density at radius 2 is 1.05 bits per heavy atom. The minimum absolute atomic E-state index is 0.122. The van der Waals surface area contributed by atoms with Gasteiger partial charge in [0.25, 0.3) is 20.4 Å². The fourth-order valence-electron chi connectivity index (χ4n) is 6.69. The van der Waals surface area contributed by atoms with Crippen LogP contribution in [0.5, 0.6) is 0 Å². The van der Waals surface area contributed by atoms with Crippen LogP contribution in [-0.2, 0) is 30.0 Å². The standard InChI is InChI=1S/2C19H24ClFN4O3S2/c2*1-23(2)8-9-25-16(18-5-4-10-29-18)12-17(24(3)30(25,27)28)19(26)22-13-6-7-15(21)14(20)11-13/h2*4-7,10-11,16-17H,8-9,12H2,1-3H3,(H,22,26)/t2*16-,17+/m10/s1. The summed E-state index contributed by atoms with van der Waals surface area (Å²) in [7, 11) is 2.58. The summed E-state index contributed by atoms with van der Waals surface area (Å²) in [6.07, 6.45) is 0.592. The Hall–Kier alpha value is -3.12. The second-order valence-corrected chi connectivity index (χ2v) is 21.3. The number of halogens is 4. The molecule has 2 aliphatic rings. The van der Waals surface area contributed by atoms with Gasteiger partial charge in [-0.1, -0.05) is 35.3 Å². The summed E-state index contributed by atoms with van der Waals surface area (Å²) >= 11 is 14.5. The molecule has 0 aliphatic carbocycles. The molecule has 0 spiro atoms. The Morgan fingerprint density at radius 3 is 1.35 bits per heavy atom. The van der Waals surface area contributed by atoms with Gasteiger partial charge in [0.05, 0.1) is 22.1 Å². The van der Waals surface area contributed by atoms with Crippen LogP contribution in [0, 0.1) is 11.6 Å². The summed E-state index contributed by atoms with van der Waals surface area (Å²) in [6, 6.07) is 12.4. The number of benzene rings is 2. The highest BCUT2D eigenvalue weighted by Gasteiger charge is 2.48. The quantitative estimate of drug-likeness (QED) is 0.174. The van der Waals surface area contributed by atoms with E-state index < -0.39 is 68.0 Å². The van der Waals surface area contributed by atoms with Crippen LogP contribution >= 0.6 is 45.9 Å². The van der Waals surface area contributed by atoms with Crippen molar-refractivity contribution in [1.29, 1.82) is 0 Å². The Bertz CT molecular complexity index is 2160. The van der Waals surface area contributed by atoms with Crippen molar-refractivity contribution in [3.05, 3.63) is 103 Å². The van der Waals surface area contributed by atoms with E-state index >= 15 is 0 Å². The molecule has 2 amide bonds. The number of carbonyl (C=O) groups is 2. The predicted molar refractivity (Wildman–Crippen MR) is 235 cm³/mol. The molecule has 0 bridgehead atoms. The second-order valence-electron chi connectivity index (χ2n) is 14.7. The topological polar surface area (TPSA) is 146 Å². The second kappa shape index (κ2) is 20.4. The zero-order valence-electron chi connectivity index (χ0n) is 33.8. The molecule has 328 valence electrons. The number of likely N-dealkylation sites (N-methyl/N-ethyl adjacent to an activating group) is 4. The van der Waals surface area contributed by atoms with Crippen molar-refractivity contribution >= 4 is 89.5 Å². The van der Waals surface area contributed by atoms with Crippen molar-refractivity contribution in [3.63, 3.8) is 0 Å². The van der Waals surface area contributed by atoms with Gasteiger partial charge in [0, 0.05) is 61.4 Å². The molecule has 22 heteroatoms. The lowest BCUT2D eigenvalue weighted by Gasteiger charge is -2.43. The lowest BCUT2D eigenvalue weighted by molar-refractivity contribution is -0.121. The maximum absolute atomic E-state index is 13.4. The number of hydrogen-bond acceptors (Lipinski definition) is 10. The largest absolute Gasteiger partial charge is 0.325 e. The van der Waals surface area contributed by atoms with Crippen molar-refractivity contribution in [2.75, 3.05) is 79.1 Å². The molecule has 0 unspecified atom stereocenters. The number of nitrogens with one attached hydrogen (secondary N) is 2. The van der Waals surface area contributed by atoms with Gasteiger partial charge in [-0.05, 0) is 100 Å². The first-order valence-corrected chi connectivity index (χ1v) is 23.9. The summed E-state index contributed by atoms with van der Waals surface area (Å²) in [6.45, 7) is 1.73. The van der Waals surface area contributed by atoms with Crippen LogP contribution in [0.25, 0.3) is 0 Å². The lowest BCUT2D eigenvalue weighted by atomic mass is 10.0. The van der Waals surface area contributed by atoms with Crippen molar-refractivity contribution in [2.45, 2.75) is 37.0 Å². The number of amides is 2. The summed E-state index contributed by atoms with van der Waals surface area (Å²) < 4.78 is 85.0. The number of hydrogen-bond donors (Lipinski definition) is 2. The first-order valence-electron chi connectivity index (χ1n) is 18.6. The van der Waals surface area contributed by atoms with Crippen molar-refractivity contribution < 1.29 is 35.2 Å². The summed E-state index contributed by atoms with van der Waals surface area (Å²) in [4.78, 5) is 31.5. The zero-order valence-corrected chi connectivity index (χ0v) is 38.5. The number of nitrogens with zero attached hydrogens (tertiary/aromatic N) is 6. The van der Waals surface area contributed by atoms with E-state index in [4.69, 9.17) is 23.2 Å². The van der Waals surface area contributed by atoms with E-state index in [2.05, 4.69) is 10.6 Å². The zero-order chi connectivity index (χ0) is 44.1. The van der Waals surface area contributed by atoms with E-state index in [0.717, 1.165) is 30.5 Å². The number of thiophene rings is 2.